The summed E-state index contributed by atoms with van der Waals surface area (Å²) in [6, 6.07) is 6.63. The predicted molar refractivity (Wildman–Crippen MR) is 89.7 cm³/mol. The molecule has 1 saturated heterocycles. The maximum absolute atomic E-state index is 13.2. The lowest BCUT2D eigenvalue weighted by Crippen LogP contribution is -2.15. The van der Waals surface area contributed by atoms with Crippen molar-refractivity contribution in [1.29, 1.82) is 0 Å². The zero-order valence-corrected chi connectivity index (χ0v) is 14.0. The lowest BCUT2D eigenvalue weighted by Gasteiger charge is -2.21. The number of aromatic nitrogens is 2. The average molecular weight is 316 g/mol. The van der Waals surface area contributed by atoms with Crippen molar-refractivity contribution in [3.05, 3.63) is 47.0 Å². The normalized spacial score (nSPS) is 16.0. The monoisotopic (exact) mass is 316 g/mol. The zero-order valence-electron chi connectivity index (χ0n) is 14.0. The molecule has 2 aromatic rings. The fraction of sp³-hybridized carbons (Fsp3) is 0.526. The molecular weight excluding hydrogens is 291 g/mol. The molecule has 3 rings (SSSR count). The van der Waals surface area contributed by atoms with Gasteiger partial charge in [-0.25, -0.2) is 9.07 Å². The van der Waals surface area contributed by atoms with Crippen LogP contribution in [0.15, 0.2) is 24.3 Å². The minimum absolute atomic E-state index is 0.211. The summed E-state index contributed by atoms with van der Waals surface area (Å²) in [5, 5.41) is 4.96. The minimum Gasteiger partial charge on any atom is -0.381 e. The Morgan fingerprint density at radius 2 is 1.87 bits per heavy atom. The molecule has 0 radical (unpaired) electrons. The molecule has 0 N–H and O–H groups in total. The van der Waals surface area contributed by atoms with Crippen LogP contribution in [0.4, 0.5) is 4.39 Å². The molecule has 1 aromatic carbocycles. The molecule has 0 amide bonds. The second kappa shape index (κ2) is 7.26. The van der Waals surface area contributed by atoms with Crippen molar-refractivity contribution in [2.45, 2.75) is 51.9 Å². The van der Waals surface area contributed by atoms with Gasteiger partial charge in [-0.05, 0) is 55.5 Å². The van der Waals surface area contributed by atoms with Gasteiger partial charge in [0.05, 0.1) is 11.4 Å². The molecule has 0 saturated carbocycles. The molecule has 4 heteroatoms. The van der Waals surface area contributed by atoms with E-state index in [4.69, 9.17) is 9.84 Å². The van der Waals surface area contributed by atoms with Gasteiger partial charge in [0.15, 0.2) is 0 Å². The second-order valence-corrected chi connectivity index (χ2v) is 6.19. The van der Waals surface area contributed by atoms with E-state index in [0.29, 0.717) is 5.92 Å². The third-order valence-electron chi connectivity index (χ3n) is 4.64. The third-order valence-corrected chi connectivity index (χ3v) is 4.64. The standard InChI is InChI=1S/C19H25FN2O/c1-3-5-17-18(4-2)22(16-8-6-15(20)7-9-16)21-19(17)14-10-12-23-13-11-14/h6-9,14H,3-5,10-13H2,1-2H3. The molecule has 0 aliphatic carbocycles. The summed E-state index contributed by atoms with van der Waals surface area (Å²) in [5.74, 6) is 0.273. The summed E-state index contributed by atoms with van der Waals surface area (Å²) in [4.78, 5) is 0. The van der Waals surface area contributed by atoms with Crippen molar-refractivity contribution in [2.24, 2.45) is 0 Å². The van der Waals surface area contributed by atoms with Crippen molar-refractivity contribution >= 4 is 0 Å². The second-order valence-electron chi connectivity index (χ2n) is 6.19. The molecule has 1 fully saturated rings. The quantitative estimate of drug-likeness (QED) is 0.816. The number of rotatable bonds is 5. The van der Waals surface area contributed by atoms with Crippen LogP contribution in [0.2, 0.25) is 0 Å². The number of halogens is 1. The number of benzene rings is 1. The summed E-state index contributed by atoms with van der Waals surface area (Å²) in [5.41, 5.74) is 4.83. The van der Waals surface area contributed by atoms with Gasteiger partial charge in [-0.3, -0.25) is 0 Å². The van der Waals surface area contributed by atoms with E-state index < -0.39 is 0 Å². The van der Waals surface area contributed by atoms with E-state index in [2.05, 4.69) is 13.8 Å². The van der Waals surface area contributed by atoms with E-state index in [9.17, 15) is 4.39 Å². The van der Waals surface area contributed by atoms with Gasteiger partial charge in [0.25, 0.3) is 0 Å². The van der Waals surface area contributed by atoms with E-state index in [-0.39, 0.29) is 5.82 Å². The molecule has 0 unspecified atom stereocenters. The van der Waals surface area contributed by atoms with Crippen LogP contribution in [0.3, 0.4) is 0 Å². The highest BCUT2D eigenvalue weighted by Gasteiger charge is 2.25. The smallest absolute Gasteiger partial charge is 0.123 e. The van der Waals surface area contributed by atoms with Gasteiger partial charge in [0.1, 0.15) is 5.82 Å². The first kappa shape index (κ1) is 16.2. The van der Waals surface area contributed by atoms with Gasteiger partial charge >= 0.3 is 0 Å². The Balaban J connectivity index is 2.06. The molecule has 0 spiro atoms. The SMILES string of the molecule is CCCc1c(C2CCOCC2)nn(-c2ccc(F)cc2)c1CC. The van der Waals surface area contributed by atoms with Crippen molar-refractivity contribution in [2.75, 3.05) is 13.2 Å². The highest BCUT2D eigenvalue weighted by Crippen LogP contribution is 2.32. The van der Waals surface area contributed by atoms with Crippen LogP contribution in [0, 0.1) is 5.82 Å². The van der Waals surface area contributed by atoms with E-state index in [1.54, 1.807) is 0 Å². The van der Waals surface area contributed by atoms with E-state index >= 15 is 0 Å². The minimum atomic E-state index is -0.211. The van der Waals surface area contributed by atoms with Crippen LogP contribution >= 0.6 is 0 Å². The van der Waals surface area contributed by atoms with Crippen LogP contribution < -0.4 is 0 Å². The molecule has 0 bridgehead atoms. The maximum atomic E-state index is 13.2. The van der Waals surface area contributed by atoms with Gasteiger partial charge in [-0.2, -0.15) is 5.10 Å². The molecule has 124 valence electrons. The van der Waals surface area contributed by atoms with Gasteiger partial charge in [-0.1, -0.05) is 20.3 Å². The Hall–Kier alpha value is -1.68. The molecule has 3 nitrogen and oxygen atoms in total. The van der Waals surface area contributed by atoms with Crippen molar-refractivity contribution in [3.8, 4) is 5.69 Å². The number of hydrogen-bond acceptors (Lipinski definition) is 2. The summed E-state index contributed by atoms with van der Waals surface area (Å²) in [6.45, 7) is 6.02. The number of hydrogen-bond donors (Lipinski definition) is 0. The van der Waals surface area contributed by atoms with Crippen molar-refractivity contribution in [1.82, 2.24) is 9.78 Å². The summed E-state index contributed by atoms with van der Waals surface area (Å²) >= 11 is 0. The summed E-state index contributed by atoms with van der Waals surface area (Å²) in [7, 11) is 0. The fourth-order valence-corrected chi connectivity index (χ4v) is 3.48. The van der Waals surface area contributed by atoms with Gasteiger partial charge < -0.3 is 4.74 Å². The molecule has 23 heavy (non-hydrogen) atoms. The van der Waals surface area contributed by atoms with Gasteiger partial charge in [0.2, 0.25) is 0 Å². The van der Waals surface area contributed by atoms with E-state index in [1.807, 2.05) is 16.8 Å². The highest BCUT2D eigenvalue weighted by molar-refractivity contribution is 5.39. The largest absolute Gasteiger partial charge is 0.381 e. The predicted octanol–water partition coefficient (Wildman–Crippen LogP) is 4.42. The third kappa shape index (κ3) is 3.32. The van der Waals surface area contributed by atoms with Gasteiger partial charge in [-0.15, -0.1) is 0 Å². The van der Waals surface area contributed by atoms with Crippen LogP contribution in [0.1, 0.15) is 56.0 Å². The van der Waals surface area contributed by atoms with E-state index in [0.717, 1.165) is 51.0 Å². The number of ether oxygens (including phenoxy) is 1. The maximum Gasteiger partial charge on any atom is 0.123 e. The van der Waals surface area contributed by atoms with Crippen LogP contribution in [0.25, 0.3) is 5.69 Å². The van der Waals surface area contributed by atoms with Crippen molar-refractivity contribution < 1.29 is 9.13 Å². The first-order valence-electron chi connectivity index (χ1n) is 8.69. The summed E-state index contributed by atoms with van der Waals surface area (Å²) < 4.78 is 20.8. The van der Waals surface area contributed by atoms with E-state index in [1.165, 1.54) is 29.1 Å². The Morgan fingerprint density at radius 1 is 1.17 bits per heavy atom. The lowest BCUT2D eigenvalue weighted by molar-refractivity contribution is 0.0842. The van der Waals surface area contributed by atoms with Crippen LogP contribution in [0.5, 0.6) is 0 Å². The van der Waals surface area contributed by atoms with Crippen LogP contribution in [-0.2, 0) is 17.6 Å². The molecule has 1 aliphatic heterocycles. The first-order chi connectivity index (χ1) is 11.2. The lowest BCUT2D eigenvalue weighted by atomic mass is 9.91. The highest BCUT2D eigenvalue weighted by atomic mass is 19.1. The topological polar surface area (TPSA) is 27.1 Å². The average Bonchev–Trinajstić information content (AvgIpc) is 2.95. The molecule has 0 atom stereocenters. The molecule has 1 aliphatic rings. The zero-order chi connectivity index (χ0) is 16.2. The van der Waals surface area contributed by atoms with Crippen LogP contribution in [-0.4, -0.2) is 23.0 Å². The Morgan fingerprint density at radius 3 is 2.48 bits per heavy atom. The Bertz CT molecular complexity index is 642. The van der Waals surface area contributed by atoms with Gasteiger partial charge in [0, 0.05) is 24.8 Å². The Labute approximate surface area is 137 Å². The molecular formula is C19H25FN2O. The fourth-order valence-electron chi connectivity index (χ4n) is 3.48. The molecule has 1 aromatic heterocycles. The number of nitrogens with zero attached hydrogens (tertiary/aromatic N) is 2. The van der Waals surface area contributed by atoms with Crippen molar-refractivity contribution in [3.63, 3.8) is 0 Å². The summed E-state index contributed by atoms with van der Waals surface area (Å²) in [6.07, 6.45) is 5.18. The Kier molecular flexibility index (Phi) is 5.11. The molecule has 2 heterocycles. The first-order valence-corrected chi connectivity index (χ1v) is 8.69.